The standard InChI is InChI=1S/C18H21N3O3/c1-4-24-6-5-12(3)21-17-14-8-13(10-22)11(2)7-16(14)20-18(23)15(17)9-19-21/h7-10,12H,4-6H2,1-3H3,(H,20,23). The number of aldehydes is 1. The third-order valence-electron chi connectivity index (χ3n) is 4.38. The first kappa shape index (κ1) is 16.4. The van der Waals surface area contributed by atoms with Crippen LogP contribution in [0.4, 0.5) is 0 Å². The van der Waals surface area contributed by atoms with E-state index in [0.717, 1.165) is 29.2 Å². The summed E-state index contributed by atoms with van der Waals surface area (Å²) in [5, 5.41) is 5.78. The normalized spacial score (nSPS) is 12.8. The van der Waals surface area contributed by atoms with Crippen molar-refractivity contribution in [3.8, 4) is 0 Å². The quantitative estimate of drug-likeness (QED) is 0.558. The van der Waals surface area contributed by atoms with Gasteiger partial charge in [-0.3, -0.25) is 14.3 Å². The van der Waals surface area contributed by atoms with Gasteiger partial charge in [-0.2, -0.15) is 5.10 Å². The molecule has 1 unspecified atom stereocenters. The molecule has 3 aromatic rings. The SMILES string of the molecule is CCOCCC(C)n1ncc2c(=O)[nH]c3cc(C)c(C=O)cc3c21. The molecule has 6 heteroatoms. The molecule has 2 heterocycles. The Bertz CT molecular complexity index is 955. The highest BCUT2D eigenvalue weighted by molar-refractivity contribution is 6.05. The molecule has 0 bridgehead atoms. The second kappa shape index (κ2) is 6.57. The number of aromatic amines is 1. The fraction of sp³-hybridized carbons (Fsp3) is 0.389. The van der Waals surface area contributed by atoms with Crippen molar-refractivity contribution in [1.29, 1.82) is 0 Å². The minimum Gasteiger partial charge on any atom is -0.382 e. The Balaban J connectivity index is 2.22. The highest BCUT2D eigenvalue weighted by Gasteiger charge is 2.16. The average molecular weight is 327 g/mol. The molecule has 126 valence electrons. The second-order valence-corrected chi connectivity index (χ2v) is 6.01. The zero-order valence-corrected chi connectivity index (χ0v) is 14.1. The molecule has 0 aliphatic rings. The van der Waals surface area contributed by atoms with Crippen molar-refractivity contribution in [3.63, 3.8) is 0 Å². The molecular weight excluding hydrogens is 306 g/mol. The predicted octanol–water partition coefficient (Wildman–Crippen LogP) is 2.99. The number of hydrogen-bond acceptors (Lipinski definition) is 4. The van der Waals surface area contributed by atoms with E-state index in [0.29, 0.717) is 29.7 Å². The lowest BCUT2D eigenvalue weighted by molar-refractivity contribution is 0.112. The van der Waals surface area contributed by atoms with Gasteiger partial charge in [0.25, 0.3) is 5.56 Å². The van der Waals surface area contributed by atoms with E-state index in [1.54, 1.807) is 6.20 Å². The lowest BCUT2D eigenvalue weighted by Crippen LogP contribution is -2.12. The number of aryl methyl sites for hydroxylation is 1. The van der Waals surface area contributed by atoms with E-state index in [-0.39, 0.29) is 11.6 Å². The highest BCUT2D eigenvalue weighted by Crippen LogP contribution is 2.26. The van der Waals surface area contributed by atoms with Crippen LogP contribution < -0.4 is 5.56 Å². The maximum Gasteiger partial charge on any atom is 0.259 e. The van der Waals surface area contributed by atoms with Crippen molar-refractivity contribution in [2.75, 3.05) is 13.2 Å². The van der Waals surface area contributed by atoms with Gasteiger partial charge in [0.2, 0.25) is 0 Å². The van der Waals surface area contributed by atoms with Crippen molar-refractivity contribution in [2.24, 2.45) is 0 Å². The minimum atomic E-state index is -0.168. The molecule has 1 aromatic carbocycles. The number of benzene rings is 1. The molecule has 6 nitrogen and oxygen atoms in total. The summed E-state index contributed by atoms with van der Waals surface area (Å²) in [6.07, 6.45) is 3.22. The molecule has 1 N–H and O–H groups in total. The molecule has 24 heavy (non-hydrogen) atoms. The van der Waals surface area contributed by atoms with E-state index < -0.39 is 0 Å². The van der Waals surface area contributed by atoms with Crippen LogP contribution in [0.2, 0.25) is 0 Å². The van der Waals surface area contributed by atoms with Crippen LogP contribution in [-0.2, 0) is 4.74 Å². The number of rotatable bonds is 6. The largest absolute Gasteiger partial charge is 0.382 e. The second-order valence-electron chi connectivity index (χ2n) is 6.01. The molecule has 0 saturated heterocycles. The zero-order valence-electron chi connectivity index (χ0n) is 14.1. The summed E-state index contributed by atoms with van der Waals surface area (Å²) < 4.78 is 7.28. The smallest absolute Gasteiger partial charge is 0.259 e. The molecule has 3 rings (SSSR count). The molecule has 0 amide bonds. The van der Waals surface area contributed by atoms with Crippen molar-refractivity contribution in [1.82, 2.24) is 14.8 Å². The number of ether oxygens (including phenoxy) is 1. The van der Waals surface area contributed by atoms with Crippen LogP contribution in [0.3, 0.4) is 0 Å². The Morgan fingerprint density at radius 2 is 2.17 bits per heavy atom. The van der Waals surface area contributed by atoms with Gasteiger partial charge in [0.05, 0.1) is 28.7 Å². The zero-order chi connectivity index (χ0) is 17.3. The predicted molar refractivity (Wildman–Crippen MR) is 93.8 cm³/mol. The summed E-state index contributed by atoms with van der Waals surface area (Å²) in [5.41, 5.74) is 2.77. The van der Waals surface area contributed by atoms with E-state index in [2.05, 4.69) is 10.1 Å². The third kappa shape index (κ3) is 2.73. The van der Waals surface area contributed by atoms with Gasteiger partial charge in [-0.15, -0.1) is 0 Å². The minimum absolute atomic E-state index is 0.0834. The van der Waals surface area contributed by atoms with Gasteiger partial charge in [0.1, 0.15) is 6.29 Å². The van der Waals surface area contributed by atoms with Crippen LogP contribution in [0.15, 0.2) is 23.1 Å². The number of H-pyrrole nitrogens is 1. The number of carbonyl (C=O) groups is 1. The summed E-state index contributed by atoms with van der Waals surface area (Å²) in [5.74, 6) is 0. The molecule has 0 saturated carbocycles. The molecule has 1 atom stereocenters. The molecule has 0 radical (unpaired) electrons. The molecule has 0 fully saturated rings. The van der Waals surface area contributed by atoms with Crippen LogP contribution in [0.1, 0.15) is 42.2 Å². The van der Waals surface area contributed by atoms with Crippen molar-refractivity contribution in [3.05, 3.63) is 39.8 Å². The van der Waals surface area contributed by atoms with E-state index in [1.165, 1.54) is 0 Å². The fourth-order valence-electron chi connectivity index (χ4n) is 2.99. The van der Waals surface area contributed by atoms with E-state index in [4.69, 9.17) is 4.74 Å². The molecule has 0 aliphatic carbocycles. The maximum atomic E-state index is 12.4. The van der Waals surface area contributed by atoms with E-state index in [1.807, 2.05) is 37.6 Å². The first-order chi connectivity index (χ1) is 11.6. The first-order valence-corrected chi connectivity index (χ1v) is 8.13. The Labute approximate surface area is 139 Å². The number of pyridine rings is 1. The van der Waals surface area contributed by atoms with Gasteiger partial charge in [0, 0.05) is 24.2 Å². The van der Waals surface area contributed by atoms with Crippen molar-refractivity contribution >= 4 is 28.1 Å². The van der Waals surface area contributed by atoms with Crippen molar-refractivity contribution in [2.45, 2.75) is 33.2 Å². The summed E-state index contributed by atoms with van der Waals surface area (Å²) in [6.45, 7) is 7.18. The Kier molecular flexibility index (Phi) is 4.49. The van der Waals surface area contributed by atoms with Gasteiger partial charge in [0.15, 0.2) is 0 Å². The highest BCUT2D eigenvalue weighted by atomic mass is 16.5. The van der Waals surface area contributed by atoms with Gasteiger partial charge in [-0.1, -0.05) is 0 Å². The fourth-order valence-corrected chi connectivity index (χ4v) is 2.99. The first-order valence-electron chi connectivity index (χ1n) is 8.13. The summed E-state index contributed by atoms with van der Waals surface area (Å²) in [6, 6.07) is 3.74. The van der Waals surface area contributed by atoms with Crippen LogP contribution in [0.5, 0.6) is 0 Å². The average Bonchev–Trinajstić information content (AvgIpc) is 3.00. The number of hydrogen-bond donors (Lipinski definition) is 1. The Morgan fingerprint density at radius 1 is 1.38 bits per heavy atom. The van der Waals surface area contributed by atoms with Gasteiger partial charge >= 0.3 is 0 Å². The molecule has 2 aromatic heterocycles. The number of nitrogens with one attached hydrogen (secondary N) is 1. The summed E-state index contributed by atoms with van der Waals surface area (Å²) in [4.78, 5) is 26.5. The number of carbonyl (C=O) groups excluding carboxylic acids is 1. The molecule has 0 spiro atoms. The monoisotopic (exact) mass is 327 g/mol. The number of aromatic nitrogens is 3. The van der Waals surface area contributed by atoms with Crippen LogP contribution in [0, 0.1) is 6.92 Å². The van der Waals surface area contributed by atoms with Crippen LogP contribution in [0.25, 0.3) is 21.8 Å². The van der Waals surface area contributed by atoms with Gasteiger partial charge in [-0.05, 0) is 44.9 Å². The Morgan fingerprint density at radius 3 is 2.88 bits per heavy atom. The van der Waals surface area contributed by atoms with Crippen LogP contribution in [-0.4, -0.2) is 34.3 Å². The summed E-state index contributed by atoms with van der Waals surface area (Å²) >= 11 is 0. The van der Waals surface area contributed by atoms with E-state index in [9.17, 15) is 9.59 Å². The van der Waals surface area contributed by atoms with Crippen LogP contribution >= 0.6 is 0 Å². The lowest BCUT2D eigenvalue weighted by atomic mass is 10.0. The topological polar surface area (TPSA) is 77.0 Å². The summed E-state index contributed by atoms with van der Waals surface area (Å²) in [7, 11) is 0. The number of nitrogens with zero attached hydrogens (tertiary/aromatic N) is 2. The van der Waals surface area contributed by atoms with Gasteiger partial charge < -0.3 is 9.72 Å². The lowest BCUT2D eigenvalue weighted by Gasteiger charge is -2.15. The molecular formula is C18H21N3O3. The Hall–Kier alpha value is -2.47. The molecule has 0 aliphatic heterocycles. The van der Waals surface area contributed by atoms with Crippen molar-refractivity contribution < 1.29 is 9.53 Å². The number of fused-ring (bicyclic) bond motifs is 3. The third-order valence-corrected chi connectivity index (χ3v) is 4.38. The van der Waals surface area contributed by atoms with E-state index >= 15 is 0 Å². The van der Waals surface area contributed by atoms with Gasteiger partial charge in [-0.25, -0.2) is 0 Å². The maximum absolute atomic E-state index is 12.4.